The Morgan fingerprint density at radius 1 is 1.27 bits per heavy atom. The second-order valence-electron chi connectivity index (χ2n) is 4.24. The van der Waals surface area contributed by atoms with Gasteiger partial charge in [0.05, 0.1) is 12.2 Å². The Morgan fingerprint density at radius 2 is 1.93 bits per heavy atom. The van der Waals surface area contributed by atoms with Gasteiger partial charge in [0.1, 0.15) is 0 Å². The monoisotopic (exact) mass is 206 g/mol. The third-order valence-electron chi connectivity index (χ3n) is 3.18. The van der Waals surface area contributed by atoms with E-state index in [9.17, 15) is 0 Å². The molecule has 1 fully saturated rings. The van der Waals surface area contributed by atoms with Crippen LogP contribution in [-0.2, 0) is 11.3 Å². The molecule has 2 rings (SSSR count). The third-order valence-corrected chi connectivity index (χ3v) is 3.18. The van der Waals surface area contributed by atoms with Crippen molar-refractivity contribution >= 4 is 0 Å². The Kier molecular flexibility index (Phi) is 3.34. The zero-order valence-corrected chi connectivity index (χ0v) is 8.98. The predicted octanol–water partition coefficient (Wildman–Crippen LogP) is 1.87. The van der Waals surface area contributed by atoms with Gasteiger partial charge in [0.15, 0.2) is 0 Å². The van der Waals surface area contributed by atoms with Crippen LogP contribution < -0.4 is 5.73 Å². The summed E-state index contributed by atoms with van der Waals surface area (Å²) in [5.74, 6) is 0. The summed E-state index contributed by atoms with van der Waals surface area (Å²) in [5, 5.41) is 0. The maximum atomic E-state index is 5.97. The Hall–Kier alpha value is -0.930. The molecule has 1 aliphatic rings. The number of nitrogens with zero attached hydrogens (tertiary/aromatic N) is 1. The minimum atomic E-state index is -0.0523. The van der Waals surface area contributed by atoms with Crippen molar-refractivity contribution in [2.24, 2.45) is 5.73 Å². The molecule has 1 heterocycles. The van der Waals surface area contributed by atoms with Gasteiger partial charge in [0.2, 0.25) is 0 Å². The van der Waals surface area contributed by atoms with E-state index in [1.807, 2.05) is 12.1 Å². The van der Waals surface area contributed by atoms with Crippen molar-refractivity contribution < 1.29 is 4.74 Å². The van der Waals surface area contributed by atoms with E-state index in [0.29, 0.717) is 13.2 Å². The zero-order chi connectivity index (χ0) is 10.6. The van der Waals surface area contributed by atoms with Crippen LogP contribution in [0.15, 0.2) is 24.5 Å². The molecule has 0 amide bonds. The van der Waals surface area contributed by atoms with Gasteiger partial charge in [-0.2, -0.15) is 0 Å². The summed E-state index contributed by atoms with van der Waals surface area (Å²) in [5.41, 5.74) is 6.91. The normalized spacial score (nSPS) is 19.3. The largest absolute Gasteiger partial charge is 0.369 e. The maximum absolute atomic E-state index is 5.97. The molecular formula is C12H18N2O. The van der Waals surface area contributed by atoms with E-state index >= 15 is 0 Å². The second-order valence-corrected chi connectivity index (χ2v) is 4.24. The Labute approximate surface area is 90.7 Å². The highest BCUT2D eigenvalue weighted by Gasteiger charge is 2.33. The summed E-state index contributed by atoms with van der Waals surface area (Å²) in [6.45, 7) is 1.29. The molecule has 0 spiro atoms. The predicted molar refractivity (Wildman–Crippen MR) is 59.3 cm³/mol. The first-order valence-electron chi connectivity index (χ1n) is 5.58. The van der Waals surface area contributed by atoms with E-state index in [2.05, 4.69) is 4.98 Å². The summed E-state index contributed by atoms with van der Waals surface area (Å²) in [6, 6.07) is 3.97. The molecule has 0 aliphatic heterocycles. The standard InChI is InChI=1S/C12H18N2O/c13-10-12(5-1-2-6-12)15-9-11-3-7-14-8-4-11/h3-4,7-8H,1-2,5-6,9-10,13H2. The molecule has 0 unspecified atom stereocenters. The molecule has 15 heavy (non-hydrogen) atoms. The van der Waals surface area contributed by atoms with Crippen LogP contribution in [0, 0.1) is 0 Å². The van der Waals surface area contributed by atoms with Crippen LogP contribution in [0.2, 0.25) is 0 Å². The van der Waals surface area contributed by atoms with E-state index in [-0.39, 0.29) is 5.60 Å². The molecule has 0 aromatic carbocycles. The molecule has 0 radical (unpaired) electrons. The lowest BCUT2D eigenvalue weighted by atomic mass is 10.0. The number of nitrogens with two attached hydrogens (primary N) is 1. The minimum absolute atomic E-state index is 0.0523. The fourth-order valence-corrected chi connectivity index (χ4v) is 2.14. The quantitative estimate of drug-likeness (QED) is 0.818. The van der Waals surface area contributed by atoms with Crippen molar-refractivity contribution in [2.75, 3.05) is 6.54 Å². The van der Waals surface area contributed by atoms with Crippen molar-refractivity contribution in [2.45, 2.75) is 37.9 Å². The molecule has 1 aromatic rings. The van der Waals surface area contributed by atoms with Crippen molar-refractivity contribution in [1.29, 1.82) is 0 Å². The molecule has 1 saturated carbocycles. The second kappa shape index (κ2) is 4.73. The van der Waals surface area contributed by atoms with Crippen LogP contribution in [0.1, 0.15) is 31.2 Å². The Bertz CT molecular complexity index is 294. The molecule has 1 aliphatic carbocycles. The fourth-order valence-electron chi connectivity index (χ4n) is 2.14. The Morgan fingerprint density at radius 3 is 2.53 bits per heavy atom. The lowest BCUT2D eigenvalue weighted by molar-refractivity contribution is -0.0448. The maximum Gasteiger partial charge on any atom is 0.0808 e. The first-order chi connectivity index (χ1) is 7.35. The Balaban J connectivity index is 1.92. The lowest BCUT2D eigenvalue weighted by Gasteiger charge is -2.27. The number of hydrogen-bond donors (Lipinski definition) is 1. The van der Waals surface area contributed by atoms with Gasteiger partial charge < -0.3 is 10.5 Å². The van der Waals surface area contributed by atoms with E-state index in [1.165, 1.54) is 18.4 Å². The first-order valence-corrected chi connectivity index (χ1v) is 5.58. The zero-order valence-electron chi connectivity index (χ0n) is 8.98. The molecule has 0 saturated heterocycles. The van der Waals surface area contributed by atoms with Crippen LogP contribution in [0.3, 0.4) is 0 Å². The summed E-state index contributed by atoms with van der Waals surface area (Å²) in [4.78, 5) is 3.98. The smallest absolute Gasteiger partial charge is 0.0808 e. The first kappa shape index (κ1) is 10.6. The number of hydrogen-bond acceptors (Lipinski definition) is 3. The minimum Gasteiger partial charge on any atom is -0.369 e. The molecule has 82 valence electrons. The van der Waals surface area contributed by atoms with Gasteiger partial charge in [-0.05, 0) is 30.5 Å². The third kappa shape index (κ3) is 2.55. The van der Waals surface area contributed by atoms with Crippen LogP contribution in [-0.4, -0.2) is 17.1 Å². The van der Waals surface area contributed by atoms with Crippen LogP contribution in [0.4, 0.5) is 0 Å². The highest BCUT2D eigenvalue weighted by atomic mass is 16.5. The molecule has 1 aromatic heterocycles. The van der Waals surface area contributed by atoms with Gasteiger partial charge in [-0.1, -0.05) is 12.8 Å². The highest BCUT2D eigenvalue weighted by Crippen LogP contribution is 2.32. The van der Waals surface area contributed by atoms with E-state index in [1.54, 1.807) is 12.4 Å². The summed E-state index contributed by atoms with van der Waals surface area (Å²) in [6.07, 6.45) is 8.29. The van der Waals surface area contributed by atoms with Crippen molar-refractivity contribution in [3.8, 4) is 0 Å². The fraction of sp³-hybridized carbons (Fsp3) is 0.583. The topological polar surface area (TPSA) is 48.1 Å². The molecule has 3 nitrogen and oxygen atoms in total. The van der Waals surface area contributed by atoms with Crippen molar-refractivity contribution in [3.05, 3.63) is 30.1 Å². The number of aromatic nitrogens is 1. The van der Waals surface area contributed by atoms with Crippen molar-refractivity contribution in [1.82, 2.24) is 4.98 Å². The van der Waals surface area contributed by atoms with Gasteiger partial charge >= 0.3 is 0 Å². The van der Waals surface area contributed by atoms with Gasteiger partial charge in [-0.15, -0.1) is 0 Å². The van der Waals surface area contributed by atoms with Crippen molar-refractivity contribution in [3.63, 3.8) is 0 Å². The molecule has 0 atom stereocenters. The van der Waals surface area contributed by atoms with Crippen LogP contribution in [0.25, 0.3) is 0 Å². The van der Waals surface area contributed by atoms with Gasteiger partial charge in [0.25, 0.3) is 0 Å². The summed E-state index contributed by atoms with van der Waals surface area (Å²) < 4.78 is 5.97. The molecule has 3 heteroatoms. The van der Waals surface area contributed by atoms with E-state index < -0.39 is 0 Å². The summed E-state index contributed by atoms with van der Waals surface area (Å²) >= 11 is 0. The summed E-state index contributed by atoms with van der Waals surface area (Å²) in [7, 11) is 0. The molecule has 2 N–H and O–H groups in total. The lowest BCUT2D eigenvalue weighted by Crippen LogP contribution is -2.37. The van der Waals surface area contributed by atoms with Crippen LogP contribution in [0.5, 0.6) is 0 Å². The number of ether oxygens (including phenoxy) is 1. The van der Waals surface area contributed by atoms with E-state index in [0.717, 1.165) is 12.8 Å². The average Bonchev–Trinajstić information content (AvgIpc) is 2.77. The number of rotatable bonds is 4. The SMILES string of the molecule is NCC1(OCc2ccncc2)CCCC1. The average molecular weight is 206 g/mol. The molecular weight excluding hydrogens is 188 g/mol. The number of pyridine rings is 1. The van der Waals surface area contributed by atoms with Gasteiger partial charge in [0, 0.05) is 18.9 Å². The van der Waals surface area contributed by atoms with Gasteiger partial charge in [-0.3, -0.25) is 4.98 Å². The van der Waals surface area contributed by atoms with E-state index in [4.69, 9.17) is 10.5 Å². The van der Waals surface area contributed by atoms with Gasteiger partial charge in [-0.25, -0.2) is 0 Å². The van der Waals surface area contributed by atoms with Crippen LogP contribution >= 0.6 is 0 Å². The molecule has 0 bridgehead atoms. The highest BCUT2D eigenvalue weighted by molar-refractivity contribution is 5.08.